The van der Waals surface area contributed by atoms with Crippen LogP contribution in [0, 0.1) is 22.7 Å². The number of carbonyl (C=O) groups is 1. The summed E-state index contributed by atoms with van der Waals surface area (Å²) < 4.78 is 0. The summed E-state index contributed by atoms with van der Waals surface area (Å²) >= 11 is 0. The third kappa shape index (κ3) is 6.92. The highest BCUT2D eigenvalue weighted by Crippen LogP contribution is 2.59. The Balaban J connectivity index is 1.88. The predicted molar refractivity (Wildman–Crippen MR) is 139 cm³/mol. The summed E-state index contributed by atoms with van der Waals surface area (Å²) in [6.45, 7) is 16.8. The Morgan fingerprint density at radius 3 is 2.39 bits per heavy atom. The van der Waals surface area contributed by atoms with E-state index in [4.69, 9.17) is 0 Å². The maximum atomic E-state index is 12.6. The molecule has 1 saturated carbocycles. The van der Waals surface area contributed by atoms with Gasteiger partial charge in [0, 0.05) is 11.8 Å². The normalized spacial score (nSPS) is 29.5. The molecule has 3 nitrogen and oxygen atoms in total. The van der Waals surface area contributed by atoms with Gasteiger partial charge in [0.15, 0.2) is 0 Å². The lowest BCUT2D eigenvalue weighted by Crippen LogP contribution is -2.52. The quantitative estimate of drug-likeness (QED) is 0.337. The largest absolute Gasteiger partial charge is 0.390 e. The summed E-state index contributed by atoms with van der Waals surface area (Å²) in [4.78, 5) is 12.6. The molecule has 0 amide bonds. The molecule has 0 heterocycles. The molecule has 0 bridgehead atoms. The first-order valence-corrected chi connectivity index (χ1v) is 13.1. The second-order valence-corrected chi connectivity index (χ2v) is 12.4. The van der Waals surface area contributed by atoms with E-state index >= 15 is 0 Å². The van der Waals surface area contributed by atoms with Gasteiger partial charge in [-0.05, 0) is 103 Å². The molecule has 0 aromatic heterocycles. The lowest BCUT2D eigenvalue weighted by Gasteiger charge is -2.56. The van der Waals surface area contributed by atoms with Crippen molar-refractivity contribution >= 4 is 5.78 Å². The molecule has 2 aliphatic rings. The highest BCUT2D eigenvalue weighted by molar-refractivity contribution is 5.85. The fourth-order valence-electron chi connectivity index (χ4n) is 6.37. The SMILES string of the molecule is CC(=CCC[C@H]1C(C)=CC[C@H]2C(C)(C)C(=O)CC[C@]12C)CC/C=C(\C)CC[C@@H](O)C(C)(C)O. The van der Waals surface area contributed by atoms with E-state index < -0.39 is 11.7 Å². The highest BCUT2D eigenvalue weighted by atomic mass is 16.3. The lowest BCUT2D eigenvalue weighted by atomic mass is 9.48. The van der Waals surface area contributed by atoms with Crippen molar-refractivity contribution in [3.8, 4) is 0 Å². The minimum atomic E-state index is -1.04. The van der Waals surface area contributed by atoms with Gasteiger partial charge in [0.1, 0.15) is 5.78 Å². The number of aliphatic hydroxyl groups is 2. The van der Waals surface area contributed by atoms with E-state index in [9.17, 15) is 15.0 Å². The monoisotopic (exact) mass is 458 g/mol. The van der Waals surface area contributed by atoms with Crippen molar-refractivity contribution < 1.29 is 15.0 Å². The van der Waals surface area contributed by atoms with E-state index in [-0.39, 0.29) is 10.8 Å². The molecule has 3 heteroatoms. The van der Waals surface area contributed by atoms with Gasteiger partial charge >= 0.3 is 0 Å². The van der Waals surface area contributed by atoms with Gasteiger partial charge in [-0.3, -0.25) is 4.79 Å². The van der Waals surface area contributed by atoms with Gasteiger partial charge in [-0.25, -0.2) is 0 Å². The Kier molecular flexibility index (Phi) is 9.38. The molecule has 2 aliphatic carbocycles. The number of rotatable bonds is 10. The van der Waals surface area contributed by atoms with E-state index in [2.05, 4.69) is 59.8 Å². The number of ketones is 1. The van der Waals surface area contributed by atoms with Crippen molar-refractivity contribution in [2.75, 3.05) is 0 Å². The first kappa shape index (κ1) is 28.1. The number of fused-ring (bicyclic) bond motifs is 1. The van der Waals surface area contributed by atoms with Crippen molar-refractivity contribution in [3.63, 3.8) is 0 Å². The van der Waals surface area contributed by atoms with Crippen LogP contribution in [-0.4, -0.2) is 27.7 Å². The van der Waals surface area contributed by atoms with Crippen LogP contribution in [0.3, 0.4) is 0 Å². The van der Waals surface area contributed by atoms with Crippen LogP contribution >= 0.6 is 0 Å². The van der Waals surface area contributed by atoms with Crippen molar-refractivity contribution in [2.45, 2.75) is 125 Å². The average Bonchev–Trinajstić information content (AvgIpc) is 2.70. The molecule has 0 aliphatic heterocycles. The first-order valence-electron chi connectivity index (χ1n) is 13.1. The topological polar surface area (TPSA) is 57.5 Å². The third-order valence-corrected chi connectivity index (χ3v) is 8.91. The molecular weight excluding hydrogens is 408 g/mol. The third-order valence-electron chi connectivity index (χ3n) is 8.91. The Labute approximate surface area is 203 Å². The number of Topliss-reactive ketones (excluding diaryl/α,β-unsaturated/α-hetero) is 1. The Morgan fingerprint density at radius 1 is 1.15 bits per heavy atom. The van der Waals surface area contributed by atoms with Gasteiger partial charge in [-0.2, -0.15) is 0 Å². The molecule has 0 unspecified atom stereocenters. The predicted octanol–water partition coefficient (Wildman–Crippen LogP) is 7.33. The van der Waals surface area contributed by atoms with Gasteiger partial charge in [-0.1, -0.05) is 55.7 Å². The van der Waals surface area contributed by atoms with Crippen molar-refractivity contribution in [1.82, 2.24) is 0 Å². The van der Waals surface area contributed by atoms with Crippen LogP contribution in [0.15, 0.2) is 34.9 Å². The second kappa shape index (κ2) is 11.0. The first-order chi connectivity index (χ1) is 15.2. The molecule has 0 radical (unpaired) electrons. The maximum Gasteiger partial charge on any atom is 0.138 e. The van der Waals surface area contributed by atoms with E-state index in [0.29, 0.717) is 24.0 Å². The summed E-state index contributed by atoms with van der Waals surface area (Å²) in [6.07, 6.45) is 15.0. The van der Waals surface area contributed by atoms with Crippen LogP contribution in [-0.2, 0) is 4.79 Å². The van der Waals surface area contributed by atoms with E-state index in [0.717, 1.165) is 44.9 Å². The zero-order valence-corrected chi connectivity index (χ0v) is 22.6. The van der Waals surface area contributed by atoms with Gasteiger partial charge in [0.05, 0.1) is 11.7 Å². The zero-order valence-electron chi connectivity index (χ0n) is 22.6. The zero-order chi connectivity index (χ0) is 25.0. The molecule has 4 atom stereocenters. The van der Waals surface area contributed by atoms with Crippen LogP contribution in [0.5, 0.6) is 0 Å². The summed E-state index contributed by atoms with van der Waals surface area (Å²) in [7, 11) is 0. The number of aliphatic hydroxyl groups excluding tert-OH is 1. The number of carbonyl (C=O) groups excluding carboxylic acids is 1. The van der Waals surface area contributed by atoms with Crippen LogP contribution in [0.4, 0.5) is 0 Å². The number of allylic oxidation sites excluding steroid dienone is 6. The molecular formula is C30H50O3. The molecule has 1 fully saturated rings. The minimum Gasteiger partial charge on any atom is -0.390 e. The highest BCUT2D eigenvalue weighted by Gasteiger charge is 2.54. The Hall–Kier alpha value is -1.19. The molecule has 0 saturated heterocycles. The summed E-state index contributed by atoms with van der Waals surface area (Å²) in [6, 6.07) is 0. The van der Waals surface area contributed by atoms with E-state index in [1.54, 1.807) is 13.8 Å². The Bertz CT molecular complexity index is 777. The minimum absolute atomic E-state index is 0.207. The second-order valence-electron chi connectivity index (χ2n) is 12.4. The van der Waals surface area contributed by atoms with Gasteiger partial charge in [-0.15, -0.1) is 0 Å². The molecule has 33 heavy (non-hydrogen) atoms. The Morgan fingerprint density at radius 2 is 1.76 bits per heavy atom. The van der Waals surface area contributed by atoms with E-state index in [1.807, 2.05) is 0 Å². The lowest BCUT2D eigenvalue weighted by molar-refractivity contribution is -0.143. The number of hydrogen-bond donors (Lipinski definition) is 2. The van der Waals surface area contributed by atoms with Crippen LogP contribution in [0.1, 0.15) is 113 Å². The molecule has 2 N–H and O–H groups in total. The van der Waals surface area contributed by atoms with Crippen LogP contribution in [0.25, 0.3) is 0 Å². The maximum absolute atomic E-state index is 12.6. The van der Waals surface area contributed by atoms with Gasteiger partial charge in [0.25, 0.3) is 0 Å². The van der Waals surface area contributed by atoms with E-state index in [1.165, 1.54) is 23.1 Å². The molecule has 0 aromatic carbocycles. The summed E-state index contributed by atoms with van der Waals surface area (Å²) in [5, 5.41) is 19.9. The average molecular weight is 459 g/mol. The van der Waals surface area contributed by atoms with Crippen molar-refractivity contribution in [1.29, 1.82) is 0 Å². The molecule has 0 aromatic rings. The molecule has 0 spiro atoms. The van der Waals surface area contributed by atoms with Crippen molar-refractivity contribution in [3.05, 3.63) is 34.9 Å². The standard InChI is InChI=1S/C30H50O3/c1-21(11-9-12-22(2)15-18-27(32)29(6,7)33)13-10-14-24-23(3)16-17-25-28(4,5)26(31)19-20-30(24,25)8/h12-13,16,24-25,27,32-33H,9-11,14-15,17-20H2,1-8H3/b21-13?,22-12+/t24-,25-,27+,30+/m0/s1. The molecule has 2 rings (SSSR count). The van der Waals surface area contributed by atoms with Crippen LogP contribution < -0.4 is 0 Å². The summed E-state index contributed by atoms with van der Waals surface area (Å²) in [5.41, 5.74) is 3.23. The van der Waals surface area contributed by atoms with Gasteiger partial charge < -0.3 is 10.2 Å². The van der Waals surface area contributed by atoms with Crippen LogP contribution in [0.2, 0.25) is 0 Å². The van der Waals surface area contributed by atoms with Gasteiger partial charge in [0.2, 0.25) is 0 Å². The fourth-order valence-corrected chi connectivity index (χ4v) is 6.37. The molecule has 188 valence electrons. The summed E-state index contributed by atoms with van der Waals surface area (Å²) in [5.74, 6) is 1.47. The smallest absolute Gasteiger partial charge is 0.138 e. The number of hydrogen-bond acceptors (Lipinski definition) is 3. The van der Waals surface area contributed by atoms with Crippen molar-refractivity contribution in [2.24, 2.45) is 22.7 Å². The fraction of sp³-hybridized carbons (Fsp3) is 0.767.